The molecule has 0 aromatic heterocycles. The molecule has 30 heavy (non-hydrogen) atoms. The average molecular weight is 426 g/mol. The molecule has 0 heterocycles. The summed E-state index contributed by atoms with van der Waals surface area (Å²) in [6.07, 6.45) is -9.71. The fraction of sp³-hybridized carbons (Fsp3) is 0.381. The third kappa shape index (κ3) is 4.49. The summed E-state index contributed by atoms with van der Waals surface area (Å²) >= 11 is 0. The Hall–Kier alpha value is -2.46. The minimum absolute atomic E-state index is 0.0204. The molecular formula is C21H21F3O6. The van der Waals surface area contributed by atoms with Crippen molar-refractivity contribution in [3.63, 3.8) is 0 Å². The molecule has 1 aliphatic rings. The average Bonchev–Trinajstić information content (AvgIpc) is 2.70. The summed E-state index contributed by atoms with van der Waals surface area (Å²) < 4.78 is 45.2. The van der Waals surface area contributed by atoms with Crippen LogP contribution in [0.5, 0.6) is 0 Å². The van der Waals surface area contributed by atoms with Crippen molar-refractivity contribution in [2.24, 2.45) is 0 Å². The van der Waals surface area contributed by atoms with Crippen molar-refractivity contribution in [3.05, 3.63) is 59.7 Å². The Bertz CT molecular complexity index is 884. The van der Waals surface area contributed by atoms with E-state index in [1.165, 1.54) is 42.5 Å². The number of benzene rings is 2. The summed E-state index contributed by atoms with van der Waals surface area (Å²) in [5, 5.41) is 38.9. The Balaban J connectivity index is 1.77. The molecule has 0 radical (unpaired) electrons. The number of carboxylic acids is 1. The lowest BCUT2D eigenvalue weighted by atomic mass is 9.79. The Morgan fingerprint density at radius 2 is 1.57 bits per heavy atom. The van der Waals surface area contributed by atoms with E-state index in [-0.39, 0.29) is 12.2 Å². The van der Waals surface area contributed by atoms with Crippen LogP contribution in [0.15, 0.2) is 48.5 Å². The molecule has 0 saturated heterocycles. The number of aliphatic hydroxyl groups is 3. The monoisotopic (exact) mass is 426 g/mol. The summed E-state index contributed by atoms with van der Waals surface area (Å²) in [6.45, 7) is -0.205. The van der Waals surface area contributed by atoms with Crippen molar-refractivity contribution in [3.8, 4) is 11.1 Å². The quantitative estimate of drug-likeness (QED) is 0.586. The van der Waals surface area contributed by atoms with Gasteiger partial charge in [0, 0.05) is 12.8 Å². The maximum Gasteiger partial charge on any atom is 0.417 e. The van der Waals surface area contributed by atoms with Gasteiger partial charge >= 0.3 is 12.1 Å². The van der Waals surface area contributed by atoms with Gasteiger partial charge in [0.2, 0.25) is 0 Å². The zero-order valence-electron chi connectivity index (χ0n) is 15.7. The molecule has 2 aromatic rings. The van der Waals surface area contributed by atoms with E-state index >= 15 is 0 Å². The molecule has 1 aliphatic carbocycles. The molecule has 4 atom stereocenters. The summed E-state index contributed by atoms with van der Waals surface area (Å²) in [7, 11) is 0. The highest BCUT2D eigenvalue weighted by molar-refractivity contribution is 5.78. The summed E-state index contributed by atoms with van der Waals surface area (Å²) in [4.78, 5) is 11.7. The van der Waals surface area contributed by atoms with Gasteiger partial charge in [0.25, 0.3) is 0 Å². The van der Waals surface area contributed by atoms with Crippen molar-refractivity contribution in [1.82, 2.24) is 0 Å². The van der Waals surface area contributed by atoms with Crippen LogP contribution < -0.4 is 0 Å². The van der Waals surface area contributed by atoms with Gasteiger partial charge in [-0.25, -0.2) is 4.79 Å². The number of hydrogen-bond acceptors (Lipinski definition) is 5. The van der Waals surface area contributed by atoms with Crippen molar-refractivity contribution < 1.29 is 43.1 Å². The number of carboxylic acid groups (broad SMARTS) is 1. The number of rotatable bonds is 5. The first kappa shape index (κ1) is 22.2. The van der Waals surface area contributed by atoms with Gasteiger partial charge in [-0.05, 0) is 22.8 Å². The van der Waals surface area contributed by atoms with Crippen LogP contribution in [0.25, 0.3) is 11.1 Å². The van der Waals surface area contributed by atoms with E-state index in [0.29, 0.717) is 11.1 Å². The van der Waals surface area contributed by atoms with Gasteiger partial charge in [0.15, 0.2) is 5.60 Å². The molecule has 4 N–H and O–H groups in total. The molecule has 2 aromatic carbocycles. The molecule has 1 fully saturated rings. The highest BCUT2D eigenvalue weighted by Crippen LogP contribution is 2.37. The molecule has 0 bridgehead atoms. The number of alkyl halides is 3. The fourth-order valence-electron chi connectivity index (χ4n) is 3.60. The molecule has 6 nitrogen and oxygen atoms in total. The number of halogens is 3. The van der Waals surface area contributed by atoms with Crippen LogP contribution in [0, 0.1) is 0 Å². The van der Waals surface area contributed by atoms with E-state index in [1.54, 1.807) is 0 Å². The molecule has 2 unspecified atom stereocenters. The predicted octanol–water partition coefficient (Wildman–Crippen LogP) is 2.59. The van der Waals surface area contributed by atoms with Crippen molar-refractivity contribution >= 4 is 5.97 Å². The second-order valence-corrected chi connectivity index (χ2v) is 7.36. The van der Waals surface area contributed by atoms with Crippen molar-refractivity contribution in [2.45, 2.75) is 49.5 Å². The van der Waals surface area contributed by atoms with Crippen LogP contribution in [-0.2, 0) is 22.3 Å². The SMILES string of the molecule is O=C(O)C1(OCc2ccc(-c3ccccc3C(F)(F)F)cc2)C[C@@H](O)C(O)[C@@H](O)C1. The highest BCUT2D eigenvalue weighted by Gasteiger charge is 2.50. The maximum absolute atomic E-state index is 13.2. The van der Waals surface area contributed by atoms with Gasteiger partial charge < -0.3 is 25.2 Å². The molecule has 162 valence electrons. The Morgan fingerprint density at radius 3 is 2.10 bits per heavy atom. The molecular weight excluding hydrogens is 405 g/mol. The number of hydrogen-bond donors (Lipinski definition) is 4. The minimum Gasteiger partial charge on any atom is -0.479 e. The van der Waals surface area contributed by atoms with Gasteiger partial charge in [0.05, 0.1) is 24.4 Å². The Kier molecular flexibility index (Phi) is 6.19. The van der Waals surface area contributed by atoms with Crippen LogP contribution in [0.2, 0.25) is 0 Å². The lowest BCUT2D eigenvalue weighted by Gasteiger charge is -2.40. The molecule has 0 aliphatic heterocycles. The van der Waals surface area contributed by atoms with Crippen LogP contribution in [-0.4, -0.2) is 50.3 Å². The van der Waals surface area contributed by atoms with E-state index < -0.39 is 54.5 Å². The zero-order valence-corrected chi connectivity index (χ0v) is 15.7. The number of carbonyl (C=O) groups is 1. The van der Waals surface area contributed by atoms with E-state index in [0.717, 1.165) is 6.07 Å². The minimum atomic E-state index is -4.50. The van der Waals surface area contributed by atoms with Gasteiger partial charge in [-0.3, -0.25) is 0 Å². The van der Waals surface area contributed by atoms with Gasteiger partial charge in [0.1, 0.15) is 6.10 Å². The van der Waals surface area contributed by atoms with Gasteiger partial charge in [-0.15, -0.1) is 0 Å². The van der Waals surface area contributed by atoms with E-state index in [1.807, 2.05) is 0 Å². The lowest BCUT2D eigenvalue weighted by Crippen LogP contribution is -2.57. The molecule has 0 spiro atoms. The third-order valence-electron chi connectivity index (χ3n) is 5.27. The predicted molar refractivity (Wildman–Crippen MR) is 99.3 cm³/mol. The third-order valence-corrected chi connectivity index (χ3v) is 5.27. The fourth-order valence-corrected chi connectivity index (χ4v) is 3.60. The molecule has 1 saturated carbocycles. The topological polar surface area (TPSA) is 107 Å². The van der Waals surface area contributed by atoms with Crippen LogP contribution in [0.3, 0.4) is 0 Å². The first-order chi connectivity index (χ1) is 14.0. The highest BCUT2D eigenvalue weighted by atomic mass is 19.4. The normalized spacial score (nSPS) is 27.1. The molecule has 3 rings (SSSR count). The molecule has 9 heteroatoms. The number of ether oxygens (including phenoxy) is 1. The largest absolute Gasteiger partial charge is 0.479 e. The van der Waals surface area contributed by atoms with Crippen LogP contribution >= 0.6 is 0 Å². The van der Waals surface area contributed by atoms with E-state index in [4.69, 9.17) is 4.74 Å². The second-order valence-electron chi connectivity index (χ2n) is 7.36. The number of aliphatic carboxylic acids is 1. The van der Waals surface area contributed by atoms with Crippen LogP contribution in [0.1, 0.15) is 24.0 Å². The maximum atomic E-state index is 13.2. The van der Waals surface area contributed by atoms with E-state index in [2.05, 4.69) is 0 Å². The number of aliphatic hydroxyl groups excluding tert-OH is 3. The molecule has 0 amide bonds. The summed E-state index contributed by atoms with van der Waals surface area (Å²) in [5.41, 5.74) is -1.79. The Labute approximate surface area is 170 Å². The van der Waals surface area contributed by atoms with Gasteiger partial charge in [-0.1, -0.05) is 42.5 Å². The standard InChI is InChI=1S/C21H21F3O6/c22-21(23,24)15-4-2-1-3-14(15)13-7-5-12(6-8-13)11-30-20(19(28)29)9-16(25)18(27)17(26)10-20/h1-8,16-18,25-27H,9-11H2,(H,28,29)/t16-,17+,18?,20?. The smallest absolute Gasteiger partial charge is 0.417 e. The Morgan fingerprint density at radius 1 is 1.00 bits per heavy atom. The zero-order chi connectivity index (χ0) is 22.1. The first-order valence-electron chi connectivity index (χ1n) is 9.20. The second kappa shape index (κ2) is 8.35. The van der Waals surface area contributed by atoms with Crippen molar-refractivity contribution in [1.29, 1.82) is 0 Å². The van der Waals surface area contributed by atoms with Crippen molar-refractivity contribution in [2.75, 3.05) is 0 Å². The summed E-state index contributed by atoms with van der Waals surface area (Å²) in [5.74, 6) is -1.39. The van der Waals surface area contributed by atoms with Crippen LogP contribution in [0.4, 0.5) is 13.2 Å². The van der Waals surface area contributed by atoms with Gasteiger partial charge in [-0.2, -0.15) is 13.2 Å². The summed E-state index contributed by atoms with van der Waals surface area (Å²) in [6, 6.07) is 11.2. The first-order valence-corrected chi connectivity index (χ1v) is 9.20. The lowest BCUT2D eigenvalue weighted by molar-refractivity contribution is -0.202. The van der Waals surface area contributed by atoms with E-state index in [9.17, 15) is 38.4 Å².